The molecule has 11 nitrogen and oxygen atoms in total. The van der Waals surface area contributed by atoms with E-state index < -0.39 is 9.84 Å². The average Bonchev–Trinajstić information content (AvgIpc) is 3.55. The number of aromatic nitrogens is 5. The molecule has 40 heavy (non-hydrogen) atoms. The first kappa shape index (κ1) is 25.9. The molecule has 0 aliphatic carbocycles. The second-order valence-corrected chi connectivity index (χ2v) is 13.5. The Kier molecular flexibility index (Phi) is 6.73. The molecule has 0 bridgehead atoms. The zero-order chi connectivity index (χ0) is 27.3. The SMILES string of the molecule is Cn1c(CN2CCN(C3CCS(=O)(=O)CC3)CC2)nc2c(N3CCOCC3)nc(-c3c[nH]c4ccccc34)nc21. The summed E-state index contributed by atoms with van der Waals surface area (Å²) in [6.45, 7) is 7.42. The van der Waals surface area contributed by atoms with Gasteiger partial charge in [-0.3, -0.25) is 9.80 Å². The quantitative estimate of drug-likeness (QED) is 0.389. The summed E-state index contributed by atoms with van der Waals surface area (Å²) in [7, 11) is -0.781. The van der Waals surface area contributed by atoms with E-state index in [1.54, 1.807) is 0 Å². The highest BCUT2D eigenvalue weighted by molar-refractivity contribution is 7.91. The number of hydrogen-bond donors (Lipinski definition) is 1. The van der Waals surface area contributed by atoms with Gasteiger partial charge in [-0.25, -0.2) is 23.4 Å². The number of nitrogens with zero attached hydrogens (tertiary/aromatic N) is 7. The molecule has 0 unspecified atom stereocenters. The first-order valence-electron chi connectivity index (χ1n) is 14.2. The van der Waals surface area contributed by atoms with Crippen LogP contribution in [0.5, 0.6) is 0 Å². The summed E-state index contributed by atoms with van der Waals surface area (Å²) in [5.41, 5.74) is 3.73. The molecular formula is C28H36N8O3S. The van der Waals surface area contributed by atoms with E-state index in [0.717, 1.165) is 97.9 Å². The van der Waals surface area contributed by atoms with E-state index >= 15 is 0 Å². The van der Waals surface area contributed by atoms with Gasteiger partial charge in [0.1, 0.15) is 15.7 Å². The van der Waals surface area contributed by atoms with Crippen LogP contribution >= 0.6 is 0 Å². The Morgan fingerprint density at radius 1 is 0.975 bits per heavy atom. The van der Waals surface area contributed by atoms with E-state index in [-0.39, 0.29) is 0 Å². The van der Waals surface area contributed by atoms with Crippen LogP contribution in [0.2, 0.25) is 0 Å². The predicted molar refractivity (Wildman–Crippen MR) is 155 cm³/mol. The van der Waals surface area contributed by atoms with Gasteiger partial charge >= 0.3 is 0 Å². The Labute approximate surface area is 234 Å². The first-order valence-corrected chi connectivity index (χ1v) is 16.1. The molecule has 3 aromatic heterocycles. The highest BCUT2D eigenvalue weighted by Crippen LogP contribution is 2.32. The molecule has 0 atom stereocenters. The average molecular weight is 565 g/mol. The van der Waals surface area contributed by atoms with E-state index in [0.29, 0.717) is 36.6 Å². The summed E-state index contributed by atoms with van der Waals surface area (Å²) in [6.07, 6.45) is 3.51. The molecule has 0 radical (unpaired) electrons. The van der Waals surface area contributed by atoms with Crippen LogP contribution in [0.25, 0.3) is 33.5 Å². The fourth-order valence-corrected chi connectivity index (χ4v) is 7.80. The third-order valence-electron chi connectivity index (χ3n) is 8.75. The van der Waals surface area contributed by atoms with Crippen LogP contribution in [-0.2, 0) is 28.2 Å². The number of anilines is 1. The van der Waals surface area contributed by atoms with E-state index in [4.69, 9.17) is 19.7 Å². The van der Waals surface area contributed by atoms with E-state index in [9.17, 15) is 8.42 Å². The molecule has 3 saturated heterocycles. The molecule has 1 N–H and O–H groups in total. The minimum Gasteiger partial charge on any atom is -0.378 e. The molecule has 212 valence electrons. The first-order chi connectivity index (χ1) is 19.4. The topological polar surface area (TPSA) is 112 Å². The van der Waals surface area contributed by atoms with Gasteiger partial charge in [0, 0.05) is 75.0 Å². The molecule has 3 aliphatic heterocycles. The van der Waals surface area contributed by atoms with Gasteiger partial charge in [0.05, 0.1) is 31.3 Å². The molecule has 7 rings (SSSR count). The third-order valence-corrected chi connectivity index (χ3v) is 10.5. The number of aryl methyl sites for hydroxylation is 1. The molecule has 0 amide bonds. The summed E-state index contributed by atoms with van der Waals surface area (Å²) < 4.78 is 31.5. The molecule has 4 aromatic rings. The van der Waals surface area contributed by atoms with Crippen LogP contribution in [-0.4, -0.2) is 113 Å². The van der Waals surface area contributed by atoms with Crippen molar-refractivity contribution in [2.75, 3.05) is 68.9 Å². The molecule has 6 heterocycles. The van der Waals surface area contributed by atoms with Crippen molar-refractivity contribution in [3.63, 3.8) is 0 Å². The number of ether oxygens (including phenoxy) is 1. The maximum absolute atomic E-state index is 11.9. The van der Waals surface area contributed by atoms with Gasteiger partial charge in [-0.2, -0.15) is 0 Å². The van der Waals surface area contributed by atoms with Crippen LogP contribution in [0.1, 0.15) is 18.7 Å². The van der Waals surface area contributed by atoms with Crippen LogP contribution in [0.4, 0.5) is 5.82 Å². The van der Waals surface area contributed by atoms with Crippen molar-refractivity contribution in [1.82, 2.24) is 34.3 Å². The third kappa shape index (κ3) is 4.87. The van der Waals surface area contributed by atoms with Gasteiger partial charge in [0.25, 0.3) is 0 Å². The summed E-state index contributed by atoms with van der Waals surface area (Å²) in [4.78, 5) is 25.8. The van der Waals surface area contributed by atoms with Crippen molar-refractivity contribution in [2.45, 2.75) is 25.4 Å². The van der Waals surface area contributed by atoms with Gasteiger partial charge in [0.2, 0.25) is 0 Å². The smallest absolute Gasteiger partial charge is 0.166 e. The number of piperazine rings is 1. The maximum atomic E-state index is 11.9. The molecule has 0 saturated carbocycles. The number of rotatable bonds is 5. The summed E-state index contributed by atoms with van der Waals surface area (Å²) >= 11 is 0. The fourth-order valence-electron chi connectivity index (χ4n) is 6.34. The number of sulfone groups is 1. The van der Waals surface area contributed by atoms with Gasteiger partial charge in [0.15, 0.2) is 22.8 Å². The van der Waals surface area contributed by atoms with Crippen molar-refractivity contribution >= 4 is 37.7 Å². The number of benzene rings is 1. The Hall–Kier alpha value is -3.06. The molecule has 3 aliphatic rings. The van der Waals surface area contributed by atoms with E-state index in [1.165, 1.54) is 0 Å². The molecule has 12 heteroatoms. The van der Waals surface area contributed by atoms with Crippen molar-refractivity contribution in [3.05, 3.63) is 36.3 Å². The Morgan fingerprint density at radius 2 is 1.73 bits per heavy atom. The molecule has 3 fully saturated rings. The minimum atomic E-state index is -2.84. The zero-order valence-electron chi connectivity index (χ0n) is 22.9. The minimum absolute atomic E-state index is 0.324. The van der Waals surface area contributed by atoms with E-state index in [1.807, 2.05) is 18.3 Å². The van der Waals surface area contributed by atoms with Crippen LogP contribution in [0.15, 0.2) is 30.5 Å². The lowest BCUT2D eigenvalue weighted by molar-refractivity contribution is 0.0854. The van der Waals surface area contributed by atoms with Crippen LogP contribution < -0.4 is 4.90 Å². The second-order valence-electron chi connectivity index (χ2n) is 11.2. The predicted octanol–water partition coefficient (Wildman–Crippen LogP) is 2.04. The number of aromatic amines is 1. The lowest BCUT2D eigenvalue weighted by atomic mass is 10.1. The Bertz CT molecular complexity index is 1620. The molecule has 0 spiro atoms. The van der Waals surface area contributed by atoms with Gasteiger partial charge in [-0.15, -0.1) is 0 Å². The van der Waals surface area contributed by atoms with Gasteiger partial charge in [-0.05, 0) is 18.9 Å². The van der Waals surface area contributed by atoms with Gasteiger partial charge in [-0.1, -0.05) is 18.2 Å². The Morgan fingerprint density at radius 3 is 2.50 bits per heavy atom. The Balaban J connectivity index is 1.16. The van der Waals surface area contributed by atoms with Crippen molar-refractivity contribution in [1.29, 1.82) is 0 Å². The summed E-state index contributed by atoms with van der Waals surface area (Å²) in [5, 5.41) is 1.10. The van der Waals surface area contributed by atoms with Crippen molar-refractivity contribution in [2.24, 2.45) is 7.05 Å². The molecular weight excluding hydrogens is 528 g/mol. The highest BCUT2D eigenvalue weighted by atomic mass is 32.2. The number of hydrogen-bond acceptors (Lipinski definition) is 9. The monoisotopic (exact) mass is 564 g/mol. The largest absolute Gasteiger partial charge is 0.378 e. The number of morpholine rings is 1. The zero-order valence-corrected chi connectivity index (χ0v) is 23.7. The standard InChI is InChI=1S/C28H36N8O3S/c1-33-24(19-34-8-10-35(11-9-34)20-6-16-40(37,38)17-7-20)30-25-27(33)31-26(32-28(25)36-12-14-39-15-13-36)22-18-29-23-5-3-2-4-21(22)23/h2-5,18,20,29H,6-17,19H2,1H3. The van der Waals surface area contributed by atoms with Crippen LogP contribution in [0, 0.1) is 0 Å². The lowest BCUT2D eigenvalue weighted by Gasteiger charge is -2.40. The number of imidazole rings is 1. The maximum Gasteiger partial charge on any atom is 0.166 e. The number of nitrogens with one attached hydrogen (secondary N) is 1. The fraction of sp³-hybridized carbons (Fsp3) is 0.536. The molecule has 1 aromatic carbocycles. The number of H-pyrrole nitrogens is 1. The summed E-state index contributed by atoms with van der Waals surface area (Å²) in [5.74, 6) is 3.19. The lowest BCUT2D eigenvalue weighted by Crippen LogP contribution is -2.51. The van der Waals surface area contributed by atoms with Gasteiger partial charge < -0.3 is 19.2 Å². The van der Waals surface area contributed by atoms with Crippen molar-refractivity contribution in [3.8, 4) is 11.4 Å². The van der Waals surface area contributed by atoms with Crippen LogP contribution in [0.3, 0.4) is 0 Å². The van der Waals surface area contributed by atoms with Crippen molar-refractivity contribution < 1.29 is 13.2 Å². The normalized spacial score (nSPS) is 21.5. The number of fused-ring (bicyclic) bond motifs is 2. The van der Waals surface area contributed by atoms with E-state index in [2.05, 4.69) is 43.4 Å². The second kappa shape index (κ2) is 10.4. The highest BCUT2D eigenvalue weighted by Gasteiger charge is 2.31. The number of para-hydroxylation sites is 1. The summed E-state index contributed by atoms with van der Waals surface area (Å²) in [6, 6.07) is 8.62.